The first-order chi connectivity index (χ1) is 14.0. The minimum absolute atomic E-state index is 0.0569. The molecule has 1 amide bonds. The number of carbonyl (C=O) groups excluding carboxylic acids is 1. The van der Waals surface area contributed by atoms with Crippen LogP contribution in [-0.4, -0.2) is 38.3 Å². The van der Waals surface area contributed by atoms with E-state index in [4.69, 9.17) is 4.74 Å². The van der Waals surface area contributed by atoms with Crippen LogP contribution >= 0.6 is 0 Å². The zero-order chi connectivity index (χ0) is 20.4. The largest absolute Gasteiger partial charge is 0.497 e. The van der Waals surface area contributed by atoms with Crippen LogP contribution in [0.2, 0.25) is 0 Å². The van der Waals surface area contributed by atoms with Crippen molar-refractivity contribution in [1.82, 2.24) is 9.62 Å². The number of aryl methyl sites for hydroxylation is 1. The van der Waals surface area contributed by atoms with Crippen molar-refractivity contribution >= 4 is 15.9 Å². The molecule has 2 aromatic rings. The van der Waals surface area contributed by atoms with Gasteiger partial charge in [0.2, 0.25) is 15.9 Å². The lowest BCUT2D eigenvalue weighted by atomic mass is 9.87. The fraction of sp³-hybridized carbons (Fsp3) is 0.409. The number of fused-ring (bicyclic) bond motifs is 1. The van der Waals surface area contributed by atoms with Crippen molar-refractivity contribution in [3.8, 4) is 5.75 Å². The van der Waals surface area contributed by atoms with E-state index in [9.17, 15) is 13.2 Å². The van der Waals surface area contributed by atoms with Crippen molar-refractivity contribution < 1.29 is 17.9 Å². The topological polar surface area (TPSA) is 75.7 Å². The Hall–Kier alpha value is -2.38. The predicted molar refractivity (Wildman–Crippen MR) is 110 cm³/mol. The third kappa shape index (κ3) is 3.89. The number of hydrogen-bond donors (Lipinski definition) is 1. The molecule has 2 atom stereocenters. The maximum absolute atomic E-state index is 13.1. The molecular formula is C22H26N2O4S. The molecule has 1 aliphatic carbocycles. The minimum Gasteiger partial charge on any atom is -0.497 e. The summed E-state index contributed by atoms with van der Waals surface area (Å²) in [6, 6.07) is 13.7. The van der Waals surface area contributed by atoms with Gasteiger partial charge in [-0.2, -0.15) is 4.31 Å². The maximum Gasteiger partial charge on any atom is 0.243 e. The molecule has 1 fully saturated rings. The summed E-state index contributed by atoms with van der Waals surface area (Å²) >= 11 is 0. The van der Waals surface area contributed by atoms with E-state index in [0.717, 1.165) is 24.8 Å². The molecule has 0 bridgehead atoms. The molecule has 0 radical (unpaired) electrons. The van der Waals surface area contributed by atoms with E-state index in [0.29, 0.717) is 25.1 Å². The molecule has 29 heavy (non-hydrogen) atoms. The molecule has 7 heteroatoms. The van der Waals surface area contributed by atoms with Gasteiger partial charge in [0.15, 0.2) is 0 Å². The van der Waals surface area contributed by atoms with Crippen LogP contribution in [-0.2, 0) is 21.2 Å². The lowest BCUT2D eigenvalue weighted by Gasteiger charge is -2.29. The lowest BCUT2D eigenvalue weighted by molar-refractivity contribution is -0.125. The van der Waals surface area contributed by atoms with Crippen molar-refractivity contribution in [2.75, 3.05) is 13.7 Å². The van der Waals surface area contributed by atoms with E-state index in [1.165, 1.54) is 29.1 Å². The van der Waals surface area contributed by atoms with Gasteiger partial charge in [-0.05, 0) is 67.5 Å². The van der Waals surface area contributed by atoms with Gasteiger partial charge in [0, 0.05) is 6.54 Å². The molecular weight excluding hydrogens is 388 g/mol. The van der Waals surface area contributed by atoms with Crippen molar-refractivity contribution in [3.63, 3.8) is 0 Å². The number of sulfonamides is 1. The molecule has 6 nitrogen and oxygen atoms in total. The smallest absolute Gasteiger partial charge is 0.243 e. The molecule has 1 N–H and O–H groups in total. The summed E-state index contributed by atoms with van der Waals surface area (Å²) < 4.78 is 32.7. The van der Waals surface area contributed by atoms with Gasteiger partial charge in [-0.15, -0.1) is 0 Å². The van der Waals surface area contributed by atoms with Crippen LogP contribution in [0.4, 0.5) is 0 Å². The zero-order valence-corrected chi connectivity index (χ0v) is 17.3. The highest BCUT2D eigenvalue weighted by atomic mass is 32.2. The van der Waals surface area contributed by atoms with Crippen LogP contribution in [0.1, 0.15) is 42.9 Å². The van der Waals surface area contributed by atoms with Crippen molar-refractivity contribution in [2.45, 2.75) is 49.1 Å². The van der Waals surface area contributed by atoms with Gasteiger partial charge < -0.3 is 10.1 Å². The predicted octanol–water partition coefficient (Wildman–Crippen LogP) is 3.04. The minimum atomic E-state index is -3.74. The first-order valence-electron chi connectivity index (χ1n) is 10.0. The first kappa shape index (κ1) is 19.9. The van der Waals surface area contributed by atoms with Crippen LogP contribution in [0.3, 0.4) is 0 Å². The van der Waals surface area contributed by atoms with E-state index in [1.54, 1.807) is 12.1 Å². The summed E-state index contributed by atoms with van der Waals surface area (Å²) in [4.78, 5) is 13.3. The fourth-order valence-electron chi connectivity index (χ4n) is 4.34. The number of methoxy groups -OCH3 is 1. The molecule has 1 aliphatic heterocycles. The summed E-state index contributed by atoms with van der Waals surface area (Å²) in [5.41, 5.74) is 2.41. The third-order valence-corrected chi connectivity index (χ3v) is 7.78. The number of nitrogens with one attached hydrogen (secondary N) is 1. The second-order valence-electron chi connectivity index (χ2n) is 7.60. The highest BCUT2D eigenvalue weighted by Crippen LogP contribution is 2.31. The Balaban J connectivity index is 1.53. The van der Waals surface area contributed by atoms with Gasteiger partial charge in [-0.1, -0.05) is 24.3 Å². The molecule has 0 spiro atoms. The Labute approximate surface area is 171 Å². The standard InChI is InChI=1S/C22H26N2O4S/c1-28-17-11-13-18(14-12-17)29(26,27)24-15-5-10-21(24)22(25)23-20-9-4-7-16-6-2-3-8-19(16)20/h2-3,6,8,11-14,20-21H,4-5,7,9-10,15H2,1H3,(H,23,25)/t20-,21-/m0/s1. The Morgan fingerprint density at radius 1 is 1.07 bits per heavy atom. The SMILES string of the molecule is COc1ccc(S(=O)(=O)N2CCC[C@H]2C(=O)N[C@H]2CCCc3ccccc32)cc1. The van der Waals surface area contributed by atoms with E-state index in [1.807, 2.05) is 12.1 Å². The normalized spacial score (nSPS) is 22.1. The summed E-state index contributed by atoms with van der Waals surface area (Å²) in [6.45, 7) is 0.355. The second-order valence-corrected chi connectivity index (χ2v) is 9.49. The van der Waals surface area contributed by atoms with Crippen LogP contribution in [0.25, 0.3) is 0 Å². The van der Waals surface area contributed by atoms with Crippen LogP contribution in [0.5, 0.6) is 5.75 Å². The maximum atomic E-state index is 13.1. The number of amides is 1. The number of benzene rings is 2. The lowest BCUT2D eigenvalue weighted by Crippen LogP contribution is -2.47. The van der Waals surface area contributed by atoms with E-state index >= 15 is 0 Å². The summed E-state index contributed by atoms with van der Waals surface area (Å²) in [5, 5.41) is 3.12. The third-order valence-electron chi connectivity index (χ3n) is 5.86. The highest BCUT2D eigenvalue weighted by Gasteiger charge is 2.40. The quantitative estimate of drug-likeness (QED) is 0.816. The number of hydrogen-bond acceptors (Lipinski definition) is 4. The molecule has 0 unspecified atom stereocenters. The van der Waals surface area contributed by atoms with E-state index in [2.05, 4.69) is 17.4 Å². The Bertz CT molecular complexity index is 988. The van der Waals surface area contributed by atoms with Gasteiger partial charge >= 0.3 is 0 Å². The molecule has 154 valence electrons. The molecule has 0 saturated carbocycles. The van der Waals surface area contributed by atoms with E-state index < -0.39 is 16.1 Å². The van der Waals surface area contributed by atoms with Gasteiger partial charge in [-0.3, -0.25) is 4.79 Å². The molecule has 0 aromatic heterocycles. The number of rotatable bonds is 5. The molecule has 2 aliphatic rings. The fourth-order valence-corrected chi connectivity index (χ4v) is 6.00. The number of ether oxygens (including phenoxy) is 1. The number of carbonyl (C=O) groups is 1. The zero-order valence-electron chi connectivity index (χ0n) is 16.5. The average molecular weight is 415 g/mol. The van der Waals surface area contributed by atoms with Gasteiger partial charge in [0.05, 0.1) is 18.0 Å². The van der Waals surface area contributed by atoms with Crippen molar-refractivity contribution in [1.29, 1.82) is 0 Å². The van der Waals surface area contributed by atoms with E-state index in [-0.39, 0.29) is 16.8 Å². The summed E-state index contributed by atoms with van der Waals surface area (Å²) in [6.07, 6.45) is 4.12. The highest BCUT2D eigenvalue weighted by molar-refractivity contribution is 7.89. The number of nitrogens with zero attached hydrogens (tertiary/aromatic N) is 1. The summed E-state index contributed by atoms with van der Waals surface area (Å²) in [7, 11) is -2.21. The molecule has 2 aromatic carbocycles. The van der Waals surface area contributed by atoms with Crippen LogP contribution in [0.15, 0.2) is 53.4 Å². The Morgan fingerprint density at radius 3 is 2.59 bits per heavy atom. The molecule has 1 heterocycles. The van der Waals surface area contributed by atoms with Gasteiger partial charge in [0.25, 0.3) is 0 Å². The van der Waals surface area contributed by atoms with Gasteiger partial charge in [-0.25, -0.2) is 8.42 Å². The molecule has 4 rings (SSSR count). The first-order valence-corrected chi connectivity index (χ1v) is 11.5. The second kappa shape index (κ2) is 8.16. The summed E-state index contributed by atoms with van der Waals surface area (Å²) in [5.74, 6) is 0.386. The van der Waals surface area contributed by atoms with Crippen molar-refractivity contribution in [3.05, 3.63) is 59.7 Å². The Kier molecular flexibility index (Phi) is 5.61. The van der Waals surface area contributed by atoms with Crippen LogP contribution in [0, 0.1) is 0 Å². The van der Waals surface area contributed by atoms with Crippen LogP contribution < -0.4 is 10.1 Å². The van der Waals surface area contributed by atoms with Crippen molar-refractivity contribution in [2.24, 2.45) is 0 Å². The molecule has 1 saturated heterocycles. The average Bonchev–Trinajstić information content (AvgIpc) is 3.25. The Morgan fingerprint density at radius 2 is 1.83 bits per heavy atom. The van der Waals surface area contributed by atoms with Gasteiger partial charge in [0.1, 0.15) is 11.8 Å². The monoisotopic (exact) mass is 414 g/mol.